The topological polar surface area (TPSA) is 38.3 Å². The lowest BCUT2D eigenvalue weighted by Gasteiger charge is -2.20. The van der Waals surface area contributed by atoms with Crippen LogP contribution in [0.2, 0.25) is 5.02 Å². The van der Waals surface area contributed by atoms with E-state index in [9.17, 15) is 9.18 Å². The van der Waals surface area contributed by atoms with Crippen molar-refractivity contribution in [3.63, 3.8) is 0 Å². The Morgan fingerprint density at radius 2 is 2.10 bits per heavy atom. The van der Waals surface area contributed by atoms with E-state index < -0.39 is 11.2 Å². The molecule has 1 aliphatic rings. The van der Waals surface area contributed by atoms with E-state index in [-0.39, 0.29) is 23.1 Å². The van der Waals surface area contributed by atoms with Crippen molar-refractivity contribution >= 4 is 34.8 Å². The maximum absolute atomic E-state index is 13.9. The van der Waals surface area contributed by atoms with Crippen LogP contribution in [0.15, 0.2) is 36.4 Å². The molecule has 1 atom stereocenters. The van der Waals surface area contributed by atoms with Gasteiger partial charge in [0.2, 0.25) is 0 Å². The predicted molar refractivity (Wildman–Crippen MR) is 79.7 cm³/mol. The van der Waals surface area contributed by atoms with Gasteiger partial charge in [-0.1, -0.05) is 23.7 Å². The normalized spacial score (nSPS) is 14.9. The molecule has 2 aromatic rings. The number of nitrogens with one attached hydrogen (secondary N) is 1. The first-order valence-corrected chi connectivity index (χ1v) is 7.02. The number of ether oxygens (including phenoxy) is 1. The molecule has 0 fully saturated rings. The summed E-state index contributed by atoms with van der Waals surface area (Å²) in [5, 5.41) is 2.18. The molecule has 1 heterocycles. The summed E-state index contributed by atoms with van der Waals surface area (Å²) in [4.78, 5) is 11.3. The largest absolute Gasteiger partial charge is 0.482 e. The average molecular weight is 326 g/mol. The Labute approximate surface area is 130 Å². The zero-order chi connectivity index (χ0) is 15.0. The van der Waals surface area contributed by atoms with E-state index in [0.717, 1.165) is 0 Å². The van der Waals surface area contributed by atoms with E-state index >= 15 is 0 Å². The average Bonchev–Trinajstić information content (AvgIpc) is 2.46. The van der Waals surface area contributed by atoms with Gasteiger partial charge in [-0.05, 0) is 29.8 Å². The summed E-state index contributed by atoms with van der Waals surface area (Å²) >= 11 is 12.4. The number of carbonyl (C=O) groups excluding carboxylic acids is 1. The van der Waals surface area contributed by atoms with Crippen molar-refractivity contribution in [2.24, 2.45) is 0 Å². The van der Waals surface area contributed by atoms with Gasteiger partial charge in [-0.15, -0.1) is 11.6 Å². The summed E-state index contributed by atoms with van der Waals surface area (Å²) in [6.07, 6.45) is 0. The van der Waals surface area contributed by atoms with Crippen LogP contribution in [0.5, 0.6) is 5.75 Å². The number of hydrogen-bond donors (Lipinski definition) is 1. The second kappa shape index (κ2) is 5.54. The number of halogens is 3. The molecule has 1 unspecified atom stereocenters. The second-order valence-electron chi connectivity index (χ2n) is 4.59. The number of carbonyl (C=O) groups is 1. The fourth-order valence-electron chi connectivity index (χ4n) is 2.18. The van der Waals surface area contributed by atoms with Crippen molar-refractivity contribution in [2.45, 2.75) is 5.38 Å². The molecule has 1 amide bonds. The van der Waals surface area contributed by atoms with E-state index in [4.69, 9.17) is 27.9 Å². The highest BCUT2D eigenvalue weighted by Crippen LogP contribution is 2.38. The van der Waals surface area contributed by atoms with E-state index in [2.05, 4.69) is 5.32 Å². The molecule has 0 saturated carbocycles. The van der Waals surface area contributed by atoms with E-state index in [0.29, 0.717) is 17.0 Å². The number of hydrogen-bond acceptors (Lipinski definition) is 2. The third kappa shape index (κ3) is 2.69. The lowest BCUT2D eigenvalue weighted by Crippen LogP contribution is -2.25. The van der Waals surface area contributed by atoms with Gasteiger partial charge in [-0.3, -0.25) is 4.79 Å². The SMILES string of the molecule is O=C1COc2ccc(C(Cl)c3c(F)cccc3Cl)cc2N1. The molecule has 0 aromatic heterocycles. The highest BCUT2D eigenvalue weighted by atomic mass is 35.5. The van der Waals surface area contributed by atoms with Gasteiger partial charge < -0.3 is 10.1 Å². The van der Waals surface area contributed by atoms with Gasteiger partial charge >= 0.3 is 0 Å². The molecule has 3 rings (SSSR count). The Bertz CT molecular complexity index is 701. The number of rotatable bonds is 2. The fraction of sp³-hybridized carbons (Fsp3) is 0.133. The van der Waals surface area contributed by atoms with E-state index in [1.807, 2.05) is 0 Å². The molecule has 1 aliphatic heterocycles. The van der Waals surface area contributed by atoms with Crippen LogP contribution in [0.1, 0.15) is 16.5 Å². The highest BCUT2D eigenvalue weighted by molar-refractivity contribution is 6.33. The molecule has 0 aliphatic carbocycles. The first-order chi connectivity index (χ1) is 10.1. The Morgan fingerprint density at radius 3 is 2.86 bits per heavy atom. The predicted octanol–water partition coefficient (Wildman–Crippen LogP) is 4.14. The second-order valence-corrected chi connectivity index (χ2v) is 5.43. The van der Waals surface area contributed by atoms with Crippen LogP contribution in [0.4, 0.5) is 10.1 Å². The lowest BCUT2D eigenvalue weighted by atomic mass is 10.0. The van der Waals surface area contributed by atoms with Crippen molar-refractivity contribution in [3.8, 4) is 5.75 Å². The Balaban J connectivity index is 2.01. The van der Waals surface area contributed by atoms with Crippen LogP contribution in [-0.2, 0) is 4.79 Å². The van der Waals surface area contributed by atoms with Gasteiger partial charge in [0.15, 0.2) is 6.61 Å². The van der Waals surface area contributed by atoms with Crippen molar-refractivity contribution in [2.75, 3.05) is 11.9 Å². The Kier molecular flexibility index (Phi) is 3.74. The zero-order valence-corrected chi connectivity index (χ0v) is 12.2. The molecular formula is C15H10Cl2FNO2. The summed E-state index contributed by atoms with van der Waals surface area (Å²) in [5.41, 5.74) is 1.35. The van der Waals surface area contributed by atoms with Crippen LogP contribution < -0.4 is 10.1 Å². The van der Waals surface area contributed by atoms with Crippen molar-refractivity contribution in [1.29, 1.82) is 0 Å². The Morgan fingerprint density at radius 1 is 1.29 bits per heavy atom. The molecule has 108 valence electrons. The first kappa shape index (κ1) is 14.2. The third-order valence-electron chi connectivity index (χ3n) is 3.18. The Hall–Kier alpha value is -1.78. The molecule has 21 heavy (non-hydrogen) atoms. The van der Waals surface area contributed by atoms with Gasteiger partial charge in [-0.2, -0.15) is 0 Å². The minimum Gasteiger partial charge on any atom is -0.482 e. The molecule has 1 N–H and O–H groups in total. The van der Waals surface area contributed by atoms with Gasteiger partial charge in [0.05, 0.1) is 11.1 Å². The monoisotopic (exact) mass is 325 g/mol. The smallest absolute Gasteiger partial charge is 0.262 e. The fourth-order valence-corrected chi connectivity index (χ4v) is 2.86. The quantitative estimate of drug-likeness (QED) is 0.843. The van der Waals surface area contributed by atoms with Crippen LogP contribution in [0.3, 0.4) is 0 Å². The van der Waals surface area contributed by atoms with Crippen LogP contribution in [0.25, 0.3) is 0 Å². The molecule has 0 spiro atoms. The van der Waals surface area contributed by atoms with E-state index in [1.165, 1.54) is 12.1 Å². The number of alkyl halides is 1. The summed E-state index contributed by atoms with van der Waals surface area (Å²) < 4.78 is 19.2. The molecule has 0 radical (unpaired) electrons. The summed E-state index contributed by atoms with van der Waals surface area (Å²) in [6.45, 7) is -0.0181. The maximum Gasteiger partial charge on any atom is 0.262 e. The number of amides is 1. The number of benzene rings is 2. The van der Waals surface area contributed by atoms with Crippen molar-refractivity contribution in [3.05, 3.63) is 58.4 Å². The minimum absolute atomic E-state index is 0.0181. The maximum atomic E-state index is 13.9. The molecule has 6 heteroatoms. The minimum atomic E-state index is -0.761. The first-order valence-electron chi connectivity index (χ1n) is 6.21. The van der Waals surface area contributed by atoms with Gasteiger partial charge in [0.1, 0.15) is 11.6 Å². The third-order valence-corrected chi connectivity index (χ3v) is 3.98. The molecule has 2 aromatic carbocycles. The summed E-state index contributed by atoms with van der Waals surface area (Å²) in [6, 6.07) is 9.47. The number of anilines is 1. The summed E-state index contributed by atoms with van der Waals surface area (Å²) in [5.74, 6) is -0.156. The molecular weight excluding hydrogens is 316 g/mol. The van der Waals surface area contributed by atoms with Crippen LogP contribution >= 0.6 is 23.2 Å². The molecule has 0 bridgehead atoms. The summed E-state index contributed by atoms with van der Waals surface area (Å²) in [7, 11) is 0. The van der Waals surface area contributed by atoms with Gasteiger partial charge in [-0.25, -0.2) is 4.39 Å². The van der Waals surface area contributed by atoms with E-state index in [1.54, 1.807) is 24.3 Å². The molecule has 3 nitrogen and oxygen atoms in total. The van der Waals surface area contributed by atoms with Gasteiger partial charge in [0, 0.05) is 10.6 Å². The van der Waals surface area contributed by atoms with Crippen molar-refractivity contribution in [1.82, 2.24) is 0 Å². The highest BCUT2D eigenvalue weighted by Gasteiger charge is 2.22. The molecule has 0 saturated heterocycles. The zero-order valence-electron chi connectivity index (χ0n) is 10.7. The van der Waals surface area contributed by atoms with Crippen molar-refractivity contribution < 1.29 is 13.9 Å². The standard InChI is InChI=1S/C15H10Cl2FNO2/c16-9-2-1-3-10(18)14(9)15(17)8-4-5-12-11(6-8)19-13(20)7-21-12/h1-6,15H,7H2,(H,19,20). The van der Waals surface area contributed by atoms with Crippen LogP contribution in [0, 0.1) is 5.82 Å². The van der Waals surface area contributed by atoms with Gasteiger partial charge in [0.25, 0.3) is 5.91 Å². The van der Waals surface area contributed by atoms with Crippen LogP contribution in [-0.4, -0.2) is 12.5 Å². The number of fused-ring (bicyclic) bond motifs is 1. The lowest BCUT2D eigenvalue weighted by molar-refractivity contribution is -0.118.